The van der Waals surface area contributed by atoms with E-state index in [1.807, 2.05) is 0 Å². The molecule has 1 atom stereocenters. The zero-order valence-electron chi connectivity index (χ0n) is 11.9. The van der Waals surface area contributed by atoms with Gasteiger partial charge in [0.15, 0.2) is 0 Å². The van der Waals surface area contributed by atoms with Gasteiger partial charge in [-0.1, -0.05) is 6.42 Å². The summed E-state index contributed by atoms with van der Waals surface area (Å²) in [6, 6.07) is 0.612. The van der Waals surface area contributed by atoms with Gasteiger partial charge in [-0.15, -0.1) is 0 Å². The number of hydrogen-bond donors (Lipinski definition) is 1. The van der Waals surface area contributed by atoms with Gasteiger partial charge in [0.25, 0.3) is 0 Å². The Morgan fingerprint density at radius 3 is 2.32 bits per heavy atom. The number of piperidine rings is 1. The minimum absolute atomic E-state index is 0.0168. The number of rotatable bonds is 4. The predicted octanol–water partition coefficient (Wildman–Crippen LogP) is 1.20. The summed E-state index contributed by atoms with van der Waals surface area (Å²) in [5, 5.41) is 0. The van der Waals surface area contributed by atoms with Crippen LogP contribution in [0.1, 0.15) is 44.9 Å². The van der Waals surface area contributed by atoms with E-state index < -0.39 is 0 Å². The van der Waals surface area contributed by atoms with Crippen molar-refractivity contribution in [3.8, 4) is 0 Å². The van der Waals surface area contributed by atoms with Crippen molar-refractivity contribution in [1.82, 2.24) is 9.80 Å². The molecule has 2 heterocycles. The van der Waals surface area contributed by atoms with E-state index in [1.54, 1.807) is 0 Å². The van der Waals surface area contributed by atoms with Crippen LogP contribution in [0.4, 0.5) is 0 Å². The number of carbonyl (C=O) groups excluding carboxylic acids is 1. The van der Waals surface area contributed by atoms with E-state index in [0.29, 0.717) is 6.04 Å². The molecule has 0 spiro atoms. The van der Waals surface area contributed by atoms with Crippen LogP contribution in [-0.2, 0) is 4.79 Å². The predicted molar refractivity (Wildman–Crippen MR) is 75.7 cm³/mol. The molecular formula is C15H27N3O. The van der Waals surface area contributed by atoms with Gasteiger partial charge in [0.05, 0.1) is 6.04 Å². The van der Waals surface area contributed by atoms with Gasteiger partial charge in [-0.2, -0.15) is 0 Å². The molecule has 0 bridgehead atoms. The van der Waals surface area contributed by atoms with Gasteiger partial charge in [0.2, 0.25) is 5.91 Å². The summed E-state index contributed by atoms with van der Waals surface area (Å²) in [7, 11) is 0. The Labute approximate surface area is 116 Å². The van der Waals surface area contributed by atoms with Crippen molar-refractivity contribution >= 4 is 5.91 Å². The van der Waals surface area contributed by atoms with Gasteiger partial charge in [-0.25, -0.2) is 0 Å². The molecule has 3 fully saturated rings. The van der Waals surface area contributed by atoms with Crippen molar-refractivity contribution in [2.75, 3.05) is 26.2 Å². The largest absolute Gasteiger partial charge is 0.368 e. The van der Waals surface area contributed by atoms with Gasteiger partial charge < -0.3 is 10.6 Å². The molecule has 2 aliphatic heterocycles. The summed E-state index contributed by atoms with van der Waals surface area (Å²) in [6.45, 7) is 4.80. The molecule has 0 radical (unpaired) electrons. The Hall–Kier alpha value is -0.610. The summed E-state index contributed by atoms with van der Waals surface area (Å²) in [5.41, 5.74) is 5.52. The van der Waals surface area contributed by atoms with Crippen LogP contribution in [0.5, 0.6) is 0 Å². The number of nitrogens with zero attached hydrogens (tertiary/aromatic N) is 2. The molecule has 1 saturated carbocycles. The average molecular weight is 265 g/mol. The molecule has 3 rings (SSSR count). The maximum Gasteiger partial charge on any atom is 0.234 e. The zero-order chi connectivity index (χ0) is 13.2. The number of amides is 1. The number of likely N-dealkylation sites (tertiary alicyclic amines) is 2. The molecule has 1 aliphatic carbocycles. The first-order valence-electron chi connectivity index (χ1n) is 8.01. The average Bonchev–Trinajstić information content (AvgIpc) is 2.84. The van der Waals surface area contributed by atoms with E-state index in [9.17, 15) is 4.79 Å². The van der Waals surface area contributed by atoms with E-state index in [2.05, 4.69) is 9.80 Å². The quantitative estimate of drug-likeness (QED) is 0.831. The molecule has 0 aromatic heterocycles. The third-order valence-electron chi connectivity index (χ3n) is 5.39. The minimum Gasteiger partial charge on any atom is -0.368 e. The van der Waals surface area contributed by atoms with Gasteiger partial charge in [-0.05, 0) is 64.1 Å². The first-order chi connectivity index (χ1) is 9.24. The molecule has 4 nitrogen and oxygen atoms in total. The molecule has 2 N–H and O–H groups in total. The summed E-state index contributed by atoms with van der Waals surface area (Å²) in [6.07, 6.45) is 8.86. The van der Waals surface area contributed by atoms with E-state index >= 15 is 0 Å². The molecular weight excluding hydrogens is 238 g/mol. The van der Waals surface area contributed by atoms with Crippen LogP contribution >= 0.6 is 0 Å². The Balaban J connectivity index is 1.47. The normalized spacial score (nSPS) is 31.5. The first-order valence-corrected chi connectivity index (χ1v) is 8.01. The summed E-state index contributed by atoms with van der Waals surface area (Å²) in [5.74, 6) is 0.858. The number of hydrogen-bond acceptors (Lipinski definition) is 3. The Morgan fingerprint density at radius 1 is 1.00 bits per heavy atom. The van der Waals surface area contributed by atoms with Crippen LogP contribution in [0.25, 0.3) is 0 Å². The highest BCUT2D eigenvalue weighted by molar-refractivity contribution is 5.80. The lowest BCUT2D eigenvalue weighted by molar-refractivity contribution is -0.123. The second-order valence-corrected chi connectivity index (χ2v) is 6.63. The molecule has 0 unspecified atom stereocenters. The first kappa shape index (κ1) is 13.4. The fraction of sp³-hybridized carbons (Fsp3) is 0.933. The lowest BCUT2D eigenvalue weighted by Crippen LogP contribution is -2.51. The maximum atomic E-state index is 11.5. The summed E-state index contributed by atoms with van der Waals surface area (Å²) in [4.78, 5) is 16.5. The standard InChI is InChI=1S/C15H27N3O/c16-15(19)14-5-2-8-18(14)13-6-9-17(10-7-13)11-12-3-1-4-12/h12-14H,1-11H2,(H2,16,19)/t14-/m0/s1. The van der Waals surface area contributed by atoms with Crippen LogP contribution in [-0.4, -0.2) is 54.0 Å². The van der Waals surface area contributed by atoms with Crippen LogP contribution in [0.3, 0.4) is 0 Å². The zero-order valence-corrected chi connectivity index (χ0v) is 11.9. The Kier molecular flexibility index (Phi) is 4.08. The molecule has 108 valence electrons. The van der Waals surface area contributed by atoms with Crippen molar-refractivity contribution < 1.29 is 4.79 Å². The van der Waals surface area contributed by atoms with Crippen LogP contribution < -0.4 is 5.73 Å². The second-order valence-electron chi connectivity index (χ2n) is 6.63. The van der Waals surface area contributed by atoms with Crippen molar-refractivity contribution in [1.29, 1.82) is 0 Å². The van der Waals surface area contributed by atoms with Crippen LogP contribution in [0, 0.1) is 5.92 Å². The highest BCUT2D eigenvalue weighted by Gasteiger charge is 2.35. The van der Waals surface area contributed by atoms with Gasteiger partial charge in [-0.3, -0.25) is 9.69 Å². The highest BCUT2D eigenvalue weighted by atomic mass is 16.1. The van der Waals surface area contributed by atoms with E-state index in [-0.39, 0.29) is 11.9 Å². The fourth-order valence-electron chi connectivity index (χ4n) is 4.01. The van der Waals surface area contributed by atoms with Crippen molar-refractivity contribution in [2.45, 2.75) is 57.0 Å². The number of nitrogens with two attached hydrogens (primary N) is 1. The van der Waals surface area contributed by atoms with Crippen LogP contribution in [0.2, 0.25) is 0 Å². The van der Waals surface area contributed by atoms with E-state index in [0.717, 1.165) is 25.3 Å². The SMILES string of the molecule is NC(=O)[C@@H]1CCCN1C1CCN(CC2CCC2)CC1. The van der Waals surface area contributed by atoms with E-state index in [1.165, 1.54) is 51.7 Å². The van der Waals surface area contributed by atoms with Crippen molar-refractivity contribution in [3.63, 3.8) is 0 Å². The summed E-state index contributed by atoms with van der Waals surface area (Å²) >= 11 is 0. The fourth-order valence-corrected chi connectivity index (χ4v) is 4.01. The van der Waals surface area contributed by atoms with Crippen molar-refractivity contribution in [2.24, 2.45) is 11.7 Å². The summed E-state index contributed by atoms with van der Waals surface area (Å²) < 4.78 is 0. The molecule has 1 amide bonds. The Morgan fingerprint density at radius 2 is 1.74 bits per heavy atom. The lowest BCUT2D eigenvalue weighted by Gasteiger charge is -2.40. The lowest BCUT2D eigenvalue weighted by atomic mass is 9.84. The molecule has 19 heavy (non-hydrogen) atoms. The second kappa shape index (κ2) is 5.80. The number of carbonyl (C=O) groups is 1. The molecule has 4 heteroatoms. The smallest absolute Gasteiger partial charge is 0.234 e. The molecule has 0 aromatic rings. The van der Waals surface area contributed by atoms with Crippen molar-refractivity contribution in [3.05, 3.63) is 0 Å². The maximum absolute atomic E-state index is 11.5. The third kappa shape index (κ3) is 2.95. The van der Waals surface area contributed by atoms with Crippen LogP contribution in [0.15, 0.2) is 0 Å². The molecule has 0 aromatic carbocycles. The third-order valence-corrected chi connectivity index (χ3v) is 5.39. The minimum atomic E-state index is -0.116. The highest BCUT2D eigenvalue weighted by Crippen LogP contribution is 2.30. The van der Waals surface area contributed by atoms with Gasteiger partial charge in [0, 0.05) is 12.6 Å². The molecule has 3 aliphatic rings. The van der Waals surface area contributed by atoms with E-state index in [4.69, 9.17) is 5.73 Å². The Bertz CT molecular complexity index is 321. The topological polar surface area (TPSA) is 49.6 Å². The van der Waals surface area contributed by atoms with Gasteiger partial charge in [0.1, 0.15) is 0 Å². The molecule has 2 saturated heterocycles. The monoisotopic (exact) mass is 265 g/mol. The number of primary amides is 1. The van der Waals surface area contributed by atoms with Gasteiger partial charge >= 0.3 is 0 Å².